The number of rotatable bonds is 2. The Morgan fingerprint density at radius 3 is 2.85 bits per heavy atom. The van der Waals surface area contributed by atoms with Crippen molar-refractivity contribution in [2.75, 3.05) is 6.54 Å². The lowest BCUT2D eigenvalue weighted by atomic mass is 10.1. The number of hydrogen-bond donors (Lipinski definition) is 1. The molecule has 7 heteroatoms. The van der Waals surface area contributed by atoms with Crippen molar-refractivity contribution in [1.82, 2.24) is 15.1 Å². The molecule has 0 spiro atoms. The monoisotopic (exact) mass is 301 g/mol. The topological polar surface area (TPSA) is 29.9 Å². The van der Waals surface area contributed by atoms with Gasteiger partial charge in [-0.25, -0.2) is 0 Å². The molecule has 0 bridgehead atoms. The Labute approximate surface area is 118 Å². The van der Waals surface area contributed by atoms with Crippen LogP contribution >= 0.6 is 11.3 Å². The smallest absolute Gasteiger partial charge is 0.311 e. The lowest BCUT2D eigenvalue weighted by Gasteiger charge is -2.15. The first kappa shape index (κ1) is 13.6. The molecule has 3 rings (SSSR count). The van der Waals surface area contributed by atoms with E-state index in [2.05, 4.69) is 10.4 Å². The van der Waals surface area contributed by atoms with E-state index < -0.39 is 11.9 Å². The van der Waals surface area contributed by atoms with Gasteiger partial charge in [0.15, 0.2) is 5.69 Å². The summed E-state index contributed by atoms with van der Waals surface area (Å²) in [5.41, 5.74) is 0.293. The molecule has 3 nitrogen and oxygen atoms in total. The van der Waals surface area contributed by atoms with E-state index in [1.165, 1.54) is 4.68 Å². The number of nitrogens with one attached hydrogen (secondary N) is 1. The Bertz CT molecular complexity index is 627. The van der Waals surface area contributed by atoms with Crippen LogP contribution < -0.4 is 5.32 Å². The van der Waals surface area contributed by atoms with Crippen molar-refractivity contribution in [3.05, 3.63) is 38.8 Å². The number of thiophene rings is 1. The van der Waals surface area contributed by atoms with Crippen molar-refractivity contribution in [2.45, 2.75) is 32.6 Å². The average molecular weight is 301 g/mol. The summed E-state index contributed by atoms with van der Waals surface area (Å²) in [7, 11) is 0. The second kappa shape index (κ2) is 4.89. The van der Waals surface area contributed by atoms with Crippen LogP contribution in [0.15, 0.2) is 12.1 Å². The van der Waals surface area contributed by atoms with Crippen LogP contribution in [-0.2, 0) is 25.7 Å². The zero-order valence-corrected chi connectivity index (χ0v) is 11.7. The lowest BCUT2D eigenvalue weighted by Crippen LogP contribution is -2.26. The van der Waals surface area contributed by atoms with E-state index in [0.29, 0.717) is 37.3 Å². The molecule has 0 saturated carbocycles. The fourth-order valence-electron chi connectivity index (χ4n) is 2.49. The molecule has 0 radical (unpaired) electrons. The summed E-state index contributed by atoms with van der Waals surface area (Å²) >= 11 is 1.59. The summed E-state index contributed by atoms with van der Waals surface area (Å²) in [6.45, 7) is 3.40. The van der Waals surface area contributed by atoms with Gasteiger partial charge < -0.3 is 5.32 Å². The zero-order chi connectivity index (χ0) is 14.3. The van der Waals surface area contributed by atoms with Crippen molar-refractivity contribution in [1.29, 1.82) is 0 Å². The highest BCUT2D eigenvalue weighted by Crippen LogP contribution is 2.34. The van der Waals surface area contributed by atoms with Crippen LogP contribution in [0.5, 0.6) is 0 Å². The number of nitrogens with zero attached hydrogens (tertiary/aromatic N) is 2. The van der Waals surface area contributed by atoms with E-state index in [9.17, 15) is 13.2 Å². The maximum absolute atomic E-state index is 13.0. The molecule has 1 aliphatic heterocycles. The fraction of sp³-hybridized carbons (Fsp3) is 0.462. The van der Waals surface area contributed by atoms with E-state index in [-0.39, 0.29) is 0 Å². The van der Waals surface area contributed by atoms with Gasteiger partial charge in [0.05, 0.1) is 12.2 Å². The van der Waals surface area contributed by atoms with E-state index in [0.717, 1.165) is 9.75 Å². The van der Waals surface area contributed by atoms with Gasteiger partial charge in [0.25, 0.3) is 0 Å². The molecule has 0 unspecified atom stereocenters. The maximum atomic E-state index is 13.0. The third-order valence-corrected chi connectivity index (χ3v) is 4.37. The Balaban J connectivity index is 2.00. The van der Waals surface area contributed by atoms with Gasteiger partial charge in [-0.1, -0.05) is 0 Å². The van der Waals surface area contributed by atoms with Gasteiger partial charge in [0, 0.05) is 21.9 Å². The largest absolute Gasteiger partial charge is 0.435 e. The van der Waals surface area contributed by atoms with Gasteiger partial charge in [-0.15, -0.1) is 11.3 Å². The van der Waals surface area contributed by atoms with Crippen LogP contribution in [0.4, 0.5) is 13.2 Å². The van der Waals surface area contributed by atoms with Crippen molar-refractivity contribution in [2.24, 2.45) is 0 Å². The summed E-state index contributed by atoms with van der Waals surface area (Å²) in [5, 5.41) is 6.94. The summed E-state index contributed by atoms with van der Waals surface area (Å²) in [6.07, 6.45) is -3.99. The normalized spacial score (nSPS) is 15.4. The quantitative estimate of drug-likeness (QED) is 0.924. The minimum Gasteiger partial charge on any atom is -0.311 e. The van der Waals surface area contributed by atoms with Crippen LogP contribution in [0.3, 0.4) is 0 Å². The highest BCUT2D eigenvalue weighted by molar-refractivity contribution is 7.11. The van der Waals surface area contributed by atoms with Crippen LogP contribution in [0, 0.1) is 6.92 Å². The van der Waals surface area contributed by atoms with E-state index in [1.807, 2.05) is 19.1 Å². The first-order chi connectivity index (χ1) is 9.45. The Morgan fingerprint density at radius 2 is 2.20 bits per heavy atom. The highest BCUT2D eigenvalue weighted by Gasteiger charge is 2.39. The first-order valence-electron chi connectivity index (χ1n) is 6.37. The third kappa shape index (κ3) is 2.47. The standard InChI is InChI=1S/C13H14F3N3S/c1-8-2-3-9(20-8)7-19-11-6-17-5-4-10(11)12(18-19)13(14,15)16/h2-3,17H,4-7H2,1H3. The molecule has 3 heterocycles. The second-order valence-electron chi connectivity index (χ2n) is 4.87. The second-order valence-corrected chi connectivity index (χ2v) is 6.24. The van der Waals surface area contributed by atoms with Gasteiger partial charge in [0.2, 0.25) is 0 Å². The van der Waals surface area contributed by atoms with Gasteiger partial charge >= 0.3 is 6.18 Å². The molecule has 0 aliphatic carbocycles. The summed E-state index contributed by atoms with van der Waals surface area (Å²) in [5.74, 6) is 0. The first-order valence-corrected chi connectivity index (χ1v) is 7.18. The van der Waals surface area contributed by atoms with Gasteiger partial charge in [-0.3, -0.25) is 4.68 Å². The molecule has 1 N–H and O–H groups in total. The Morgan fingerprint density at radius 1 is 1.40 bits per heavy atom. The summed E-state index contributed by atoms with van der Waals surface area (Å²) in [4.78, 5) is 2.17. The fourth-order valence-corrected chi connectivity index (χ4v) is 3.36. The number of alkyl halides is 3. The molecule has 1 aliphatic rings. The number of aryl methyl sites for hydroxylation is 1. The molecular formula is C13H14F3N3S. The molecule has 0 fully saturated rings. The van der Waals surface area contributed by atoms with Crippen LogP contribution in [-0.4, -0.2) is 16.3 Å². The number of fused-ring (bicyclic) bond motifs is 1. The zero-order valence-electron chi connectivity index (χ0n) is 10.9. The SMILES string of the molecule is Cc1ccc(Cn2nc(C(F)(F)F)c3c2CNCC3)s1. The minimum atomic E-state index is -4.38. The Kier molecular flexibility index (Phi) is 3.33. The molecule has 108 valence electrons. The van der Waals surface area contributed by atoms with Crippen molar-refractivity contribution < 1.29 is 13.2 Å². The maximum Gasteiger partial charge on any atom is 0.435 e. The van der Waals surface area contributed by atoms with E-state index >= 15 is 0 Å². The van der Waals surface area contributed by atoms with E-state index in [1.54, 1.807) is 11.3 Å². The lowest BCUT2D eigenvalue weighted by molar-refractivity contribution is -0.142. The van der Waals surface area contributed by atoms with Crippen molar-refractivity contribution in [3.8, 4) is 0 Å². The Hall–Kier alpha value is -1.34. The molecule has 0 saturated heterocycles. The van der Waals surface area contributed by atoms with Crippen molar-refractivity contribution in [3.63, 3.8) is 0 Å². The summed E-state index contributed by atoms with van der Waals surface area (Å²) in [6, 6.07) is 3.91. The molecule has 0 atom stereocenters. The number of halogens is 3. The predicted molar refractivity (Wildman–Crippen MR) is 70.8 cm³/mol. The molecule has 0 amide bonds. The highest BCUT2D eigenvalue weighted by atomic mass is 32.1. The van der Waals surface area contributed by atoms with Gasteiger partial charge in [-0.05, 0) is 32.0 Å². The van der Waals surface area contributed by atoms with E-state index in [4.69, 9.17) is 0 Å². The molecule has 2 aromatic heterocycles. The average Bonchev–Trinajstić information content (AvgIpc) is 2.94. The predicted octanol–water partition coefficient (Wildman–Crippen LogP) is 2.97. The minimum absolute atomic E-state index is 0.351. The van der Waals surface area contributed by atoms with Crippen LogP contribution in [0.2, 0.25) is 0 Å². The molecule has 20 heavy (non-hydrogen) atoms. The van der Waals surface area contributed by atoms with Crippen molar-refractivity contribution >= 4 is 11.3 Å². The number of hydrogen-bond acceptors (Lipinski definition) is 3. The van der Waals surface area contributed by atoms with Crippen LogP contribution in [0.1, 0.15) is 26.7 Å². The number of aromatic nitrogens is 2. The van der Waals surface area contributed by atoms with Gasteiger partial charge in [0.1, 0.15) is 0 Å². The molecule has 0 aromatic carbocycles. The van der Waals surface area contributed by atoms with Gasteiger partial charge in [-0.2, -0.15) is 18.3 Å². The van der Waals surface area contributed by atoms with Crippen LogP contribution in [0.25, 0.3) is 0 Å². The third-order valence-electron chi connectivity index (χ3n) is 3.38. The summed E-state index contributed by atoms with van der Waals surface area (Å²) < 4.78 is 40.6. The molecular weight excluding hydrogens is 287 g/mol. The molecule has 2 aromatic rings.